The number of hydrogen-bond acceptors (Lipinski definition) is 5. The highest BCUT2D eigenvalue weighted by Crippen LogP contribution is 2.28. The highest BCUT2D eigenvalue weighted by molar-refractivity contribution is 7.91. The first-order valence-electron chi connectivity index (χ1n) is 8.95. The molecule has 0 spiro atoms. The maximum Gasteiger partial charge on any atom is 0.226 e. The summed E-state index contributed by atoms with van der Waals surface area (Å²) in [5.74, 6) is 0.221. The Morgan fingerprint density at radius 3 is 2.32 bits per heavy atom. The molecule has 1 atom stereocenters. The highest BCUT2D eigenvalue weighted by atomic mass is 32.2. The van der Waals surface area contributed by atoms with Crippen LogP contribution in [-0.4, -0.2) is 70.0 Å². The van der Waals surface area contributed by atoms with Crippen LogP contribution in [0.2, 0.25) is 0 Å². The van der Waals surface area contributed by atoms with Crippen molar-refractivity contribution in [2.24, 2.45) is 0 Å². The number of carbonyl (C=O) groups excluding carboxylic acids is 1. The summed E-state index contributed by atoms with van der Waals surface area (Å²) in [5, 5.41) is 0. The lowest BCUT2D eigenvalue weighted by Gasteiger charge is -2.34. The van der Waals surface area contributed by atoms with Crippen molar-refractivity contribution in [3.8, 4) is 0 Å². The molecule has 2 aliphatic rings. The van der Waals surface area contributed by atoms with Crippen LogP contribution < -0.4 is 9.80 Å². The van der Waals surface area contributed by atoms with Gasteiger partial charge in [0.1, 0.15) is 0 Å². The number of likely N-dealkylation sites (N-methyl/N-ethyl adjacent to an activating group) is 1. The van der Waals surface area contributed by atoms with E-state index < -0.39 is 9.84 Å². The molecule has 0 radical (unpaired) electrons. The zero-order valence-corrected chi connectivity index (χ0v) is 15.8. The van der Waals surface area contributed by atoms with Gasteiger partial charge in [0.25, 0.3) is 0 Å². The Morgan fingerprint density at radius 1 is 1.16 bits per heavy atom. The number of hydrogen-bond donors (Lipinski definition) is 0. The molecule has 7 heteroatoms. The third kappa shape index (κ3) is 4.15. The number of rotatable bonds is 4. The lowest BCUT2D eigenvalue weighted by atomic mass is 10.1. The van der Waals surface area contributed by atoms with Gasteiger partial charge in [-0.3, -0.25) is 4.79 Å². The summed E-state index contributed by atoms with van der Waals surface area (Å²) in [4.78, 5) is 18.8. The Labute approximate surface area is 150 Å². The van der Waals surface area contributed by atoms with Gasteiger partial charge in [-0.2, -0.15) is 0 Å². The molecule has 2 saturated heterocycles. The summed E-state index contributed by atoms with van der Waals surface area (Å²) < 4.78 is 23.7. The van der Waals surface area contributed by atoms with E-state index in [4.69, 9.17) is 0 Å². The maximum atomic E-state index is 12.4. The van der Waals surface area contributed by atoms with Crippen molar-refractivity contribution in [2.45, 2.75) is 25.8 Å². The number of benzene rings is 1. The highest BCUT2D eigenvalue weighted by Gasteiger charge is 2.35. The third-order valence-corrected chi connectivity index (χ3v) is 6.89. The van der Waals surface area contributed by atoms with E-state index in [1.165, 1.54) is 0 Å². The van der Waals surface area contributed by atoms with E-state index in [0.717, 1.165) is 37.6 Å². The van der Waals surface area contributed by atoms with Crippen LogP contribution in [0.5, 0.6) is 0 Å². The molecule has 6 nitrogen and oxygen atoms in total. The quantitative estimate of drug-likeness (QED) is 0.806. The van der Waals surface area contributed by atoms with Gasteiger partial charge in [-0.1, -0.05) is 6.92 Å². The van der Waals surface area contributed by atoms with Gasteiger partial charge in [0.15, 0.2) is 9.84 Å². The molecule has 2 aliphatic heterocycles. The number of amides is 1. The van der Waals surface area contributed by atoms with Crippen LogP contribution >= 0.6 is 0 Å². The van der Waals surface area contributed by atoms with E-state index in [-0.39, 0.29) is 23.5 Å². The zero-order valence-electron chi connectivity index (χ0n) is 15.0. The van der Waals surface area contributed by atoms with E-state index in [9.17, 15) is 13.2 Å². The smallest absolute Gasteiger partial charge is 0.226 e. The minimum atomic E-state index is -3.03. The summed E-state index contributed by atoms with van der Waals surface area (Å²) >= 11 is 0. The number of nitrogens with zero attached hydrogens (tertiary/aromatic N) is 3. The van der Waals surface area contributed by atoms with Crippen molar-refractivity contribution < 1.29 is 13.2 Å². The van der Waals surface area contributed by atoms with Crippen molar-refractivity contribution in [3.63, 3.8) is 0 Å². The number of piperazine rings is 1. The lowest BCUT2D eigenvalue weighted by Crippen LogP contribution is -2.44. The van der Waals surface area contributed by atoms with Gasteiger partial charge in [-0.05, 0) is 37.7 Å². The van der Waals surface area contributed by atoms with Crippen molar-refractivity contribution in [3.05, 3.63) is 24.3 Å². The van der Waals surface area contributed by atoms with Crippen molar-refractivity contribution in [2.75, 3.05) is 54.5 Å². The van der Waals surface area contributed by atoms with Crippen LogP contribution in [0.25, 0.3) is 0 Å². The molecule has 1 amide bonds. The summed E-state index contributed by atoms with van der Waals surface area (Å²) in [6, 6.07) is 7.74. The topological polar surface area (TPSA) is 60.9 Å². The molecule has 2 fully saturated rings. The lowest BCUT2D eigenvalue weighted by molar-refractivity contribution is -0.118. The maximum absolute atomic E-state index is 12.4. The molecule has 1 aromatic rings. The fourth-order valence-corrected chi connectivity index (χ4v) is 5.30. The van der Waals surface area contributed by atoms with Crippen LogP contribution in [0.4, 0.5) is 11.4 Å². The Morgan fingerprint density at radius 2 is 1.80 bits per heavy atom. The van der Waals surface area contributed by atoms with E-state index in [2.05, 4.69) is 16.8 Å². The van der Waals surface area contributed by atoms with Crippen molar-refractivity contribution >= 4 is 27.1 Å². The Balaban J connectivity index is 1.78. The number of anilines is 2. The van der Waals surface area contributed by atoms with E-state index in [1.807, 2.05) is 31.2 Å². The van der Waals surface area contributed by atoms with E-state index in [0.29, 0.717) is 12.8 Å². The molecule has 1 unspecified atom stereocenters. The SMILES string of the molecule is CCC(=O)N(c1ccc(N2CCN(C)CC2)cc1)C1CCS(=O)(=O)C1. The third-order valence-electron chi connectivity index (χ3n) is 5.14. The first-order valence-corrected chi connectivity index (χ1v) is 10.8. The fourth-order valence-electron chi connectivity index (χ4n) is 3.60. The Kier molecular flexibility index (Phi) is 5.34. The first kappa shape index (κ1) is 18.2. The predicted octanol–water partition coefficient (Wildman–Crippen LogP) is 1.37. The van der Waals surface area contributed by atoms with Crippen LogP contribution in [0, 0.1) is 0 Å². The van der Waals surface area contributed by atoms with Gasteiger partial charge in [-0.25, -0.2) is 8.42 Å². The van der Waals surface area contributed by atoms with Gasteiger partial charge < -0.3 is 14.7 Å². The molecule has 1 aromatic carbocycles. The molecule has 2 heterocycles. The molecular weight excluding hydrogens is 338 g/mol. The van der Waals surface area contributed by atoms with E-state index >= 15 is 0 Å². The van der Waals surface area contributed by atoms with Gasteiger partial charge in [0.05, 0.1) is 17.5 Å². The second kappa shape index (κ2) is 7.33. The van der Waals surface area contributed by atoms with Gasteiger partial charge in [0.2, 0.25) is 5.91 Å². The van der Waals surface area contributed by atoms with Gasteiger partial charge >= 0.3 is 0 Å². The summed E-state index contributed by atoms with van der Waals surface area (Å²) in [5.41, 5.74) is 1.95. The average molecular weight is 365 g/mol. The van der Waals surface area contributed by atoms with Gasteiger partial charge in [0, 0.05) is 44.0 Å². The van der Waals surface area contributed by atoms with Crippen LogP contribution in [0.1, 0.15) is 19.8 Å². The predicted molar refractivity (Wildman–Crippen MR) is 101 cm³/mol. The van der Waals surface area contributed by atoms with E-state index in [1.54, 1.807) is 4.90 Å². The van der Waals surface area contributed by atoms with Crippen molar-refractivity contribution in [1.82, 2.24) is 4.90 Å². The summed E-state index contributed by atoms with van der Waals surface area (Å²) in [6.07, 6.45) is 0.894. The number of carbonyl (C=O) groups is 1. The zero-order chi connectivity index (χ0) is 18.0. The Hall–Kier alpha value is -1.60. The molecule has 0 bridgehead atoms. The normalized spacial score (nSPS) is 23.6. The molecule has 0 aliphatic carbocycles. The summed E-state index contributed by atoms with van der Waals surface area (Å²) in [7, 11) is -0.898. The molecule has 3 rings (SSSR count). The van der Waals surface area contributed by atoms with Crippen molar-refractivity contribution in [1.29, 1.82) is 0 Å². The summed E-state index contributed by atoms with van der Waals surface area (Å²) in [6.45, 7) is 5.89. The Bertz CT molecular complexity index is 710. The monoisotopic (exact) mass is 365 g/mol. The second-order valence-corrected chi connectivity index (χ2v) is 9.21. The van der Waals surface area contributed by atoms with Crippen LogP contribution in [0.15, 0.2) is 24.3 Å². The molecule has 0 saturated carbocycles. The van der Waals surface area contributed by atoms with Gasteiger partial charge in [-0.15, -0.1) is 0 Å². The molecule has 0 aromatic heterocycles. The molecule has 138 valence electrons. The van der Waals surface area contributed by atoms with Crippen LogP contribution in [0.3, 0.4) is 0 Å². The van der Waals surface area contributed by atoms with Crippen LogP contribution in [-0.2, 0) is 14.6 Å². The largest absolute Gasteiger partial charge is 0.369 e. The fraction of sp³-hybridized carbons (Fsp3) is 0.611. The first-order chi connectivity index (χ1) is 11.9. The standard InChI is InChI=1S/C18H27N3O3S/c1-3-18(22)21(17-8-13-25(23,24)14-17)16-6-4-15(5-7-16)20-11-9-19(2)10-12-20/h4-7,17H,3,8-14H2,1-2H3. The molecule has 0 N–H and O–H groups in total. The molecular formula is C18H27N3O3S. The molecule has 25 heavy (non-hydrogen) atoms. The minimum Gasteiger partial charge on any atom is -0.369 e. The minimum absolute atomic E-state index is 0.0190. The number of sulfone groups is 1. The average Bonchev–Trinajstić information content (AvgIpc) is 2.96. The second-order valence-electron chi connectivity index (χ2n) is 6.98.